The highest BCUT2D eigenvalue weighted by Crippen LogP contribution is 2.25. The summed E-state index contributed by atoms with van der Waals surface area (Å²) >= 11 is 6.06. The van der Waals surface area contributed by atoms with Gasteiger partial charge < -0.3 is 14.8 Å². The van der Waals surface area contributed by atoms with Crippen LogP contribution in [0, 0.1) is 5.82 Å². The molecule has 0 saturated carbocycles. The van der Waals surface area contributed by atoms with Gasteiger partial charge in [-0.25, -0.2) is 4.39 Å². The summed E-state index contributed by atoms with van der Waals surface area (Å²) in [6.07, 6.45) is -0.672. The van der Waals surface area contributed by atoms with Crippen LogP contribution in [0.3, 0.4) is 0 Å². The van der Waals surface area contributed by atoms with Gasteiger partial charge in [0, 0.05) is 5.02 Å². The van der Waals surface area contributed by atoms with Crippen molar-refractivity contribution in [1.29, 1.82) is 0 Å². The largest absolute Gasteiger partial charge is 0.376 e. The second kappa shape index (κ2) is 7.75. The van der Waals surface area contributed by atoms with E-state index in [-0.39, 0.29) is 18.3 Å². The molecular weight excluding hydrogens is 333 g/mol. The highest BCUT2D eigenvalue weighted by molar-refractivity contribution is 6.30. The fourth-order valence-electron chi connectivity index (χ4n) is 2.61. The first-order chi connectivity index (χ1) is 11.6. The number of carbonyl (C=O) groups excluding carboxylic acids is 1. The van der Waals surface area contributed by atoms with Crippen molar-refractivity contribution < 1.29 is 18.7 Å². The zero-order valence-electron chi connectivity index (χ0n) is 12.9. The van der Waals surface area contributed by atoms with E-state index in [1.165, 1.54) is 12.1 Å². The van der Waals surface area contributed by atoms with Crippen LogP contribution in [0.25, 0.3) is 0 Å². The fraction of sp³-hybridized carbons (Fsp3) is 0.278. The fourth-order valence-corrected chi connectivity index (χ4v) is 2.80. The van der Waals surface area contributed by atoms with Crippen molar-refractivity contribution in [3.8, 4) is 0 Å². The molecule has 24 heavy (non-hydrogen) atoms. The van der Waals surface area contributed by atoms with Crippen molar-refractivity contribution in [2.24, 2.45) is 0 Å². The minimum atomic E-state index is -0.672. The van der Waals surface area contributed by atoms with Gasteiger partial charge in [0.1, 0.15) is 5.82 Å². The van der Waals surface area contributed by atoms with Crippen molar-refractivity contribution in [2.45, 2.75) is 12.1 Å². The van der Waals surface area contributed by atoms with Gasteiger partial charge in [0.2, 0.25) is 0 Å². The van der Waals surface area contributed by atoms with E-state index in [2.05, 4.69) is 5.32 Å². The van der Waals surface area contributed by atoms with Crippen LogP contribution in [0.4, 0.5) is 4.39 Å². The lowest BCUT2D eigenvalue weighted by molar-refractivity contribution is -0.148. The molecule has 0 aromatic heterocycles. The van der Waals surface area contributed by atoms with E-state index in [0.717, 1.165) is 5.56 Å². The lowest BCUT2D eigenvalue weighted by atomic mass is 9.98. The highest BCUT2D eigenvalue weighted by Gasteiger charge is 2.26. The Kier molecular flexibility index (Phi) is 5.45. The molecule has 0 bridgehead atoms. The summed E-state index contributed by atoms with van der Waals surface area (Å²) in [7, 11) is 0. The van der Waals surface area contributed by atoms with E-state index in [4.69, 9.17) is 21.1 Å². The van der Waals surface area contributed by atoms with Gasteiger partial charge in [-0.2, -0.15) is 0 Å². The molecule has 1 aliphatic heterocycles. The molecule has 1 amide bonds. The van der Waals surface area contributed by atoms with Crippen molar-refractivity contribution in [3.63, 3.8) is 0 Å². The molecular formula is C18H17ClFNO3. The summed E-state index contributed by atoms with van der Waals surface area (Å²) in [6, 6.07) is 12.7. The normalized spacial score (nSPS) is 18.8. The van der Waals surface area contributed by atoms with Crippen LogP contribution < -0.4 is 5.32 Å². The van der Waals surface area contributed by atoms with Crippen molar-refractivity contribution in [2.75, 3.05) is 19.8 Å². The van der Waals surface area contributed by atoms with Crippen LogP contribution in [-0.2, 0) is 14.3 Å². The van der Waals surface area contributed by atoms with Gasteiger partial charge in [-0.15, -0.1) is 0 Å². The summed E-state index contributed by atoms with van der Waals surface area (Å²) in [5.41, 5.74) is 1.39. The Morgan fingerprint density at radius 2 is 1.92 bits per heavy atom. The molecule has 4 nitrogen and oxygen atoms in total. The van der Waals surface area contributed by atoms with E-state index in [0.29, 0.717) is 23.8 Å². The standard InChI is InChI=1S/C18H17ClFNO3/c19-14-5-1-3-12(9-14)17(13-4-2-6-15(20)10-13)21-18(22)16-11-23-7-8-24-16/h1-6,9-10,16-17H,7-8,11H2,(H,21,22)/t16-,17-/m0/s1. The van der Waals surface area contributed by atoms with E-state index in [1.54, 1.807) is 30.3 Å². The van der Waals surface area contributed by atoms with Gasteiger partial charge in [0.15, 0.2) is 6.10 Å². The molecule has 1 heterocycles. The van der Waals surface area contributed by atoms with Crippen molar-refractivity contribution in [3.05, 3.63) is 70.5 Å². The Morgan fingerprint density at radius 1 is 1.17 bits per heavy atom. The molecule has 2 aromatic carbocycles. The summed E-state index contributed by atoms with van der Waals surface area (Å²) in [5.74, 6) is -0.671. The number of hydrogen-bond acceptors (Lipinski definition) is 3. The molecule has 0 aliphatic carbocycles. The number of benzene rings is 2. The number of carbonyl (C=O) groups is 1. The summed E-state index contributed by atoms with van der Waals surface area (Å²) < 4.78 is 24.3. The first-order valence-electron chi connectivity index (χ1n) is 7.64. The van der Waals surface area contributed by atoms with Crippen LogP contribution in [0.2, 0.25) is 5.02 Å². The Hall–Kier alpha value is -1.95. The Labute approximate surface area is 144 Å². The minimum Gasteiger partial charge on any atom is -0.376 e. The van der Waals surface area contributed by atoms with Crippen molar-refractivity contribution >= 4 is 17.5 Å². The summed E-state index contributed by atoms with van der Waals surface area (Å²) in [4.78, 5) is 12.5. The number of nitrogens with one attached hydrogen (secondary N) is 1. The van der Waals surface area contributed by atoms with E-state index in [9.17, 15) is 9.18 Å². The maximum atomic E-state index is 13.6. The van der Waals surface area contributed by atoms with Crippen LogP contribution in [-0.4, -0.2) is 31.8 Å². The minimum absolute atomic E-state index is 0.206. The van der Waals surface area contributed by atoms with Gasteiger partial charge in [0.25, 0.3) is 5.91 Å². The summed E-state index contributed by atoms with van der Waals surface area (Å²) in [6.45, 7) is 1.06. The van der Waals surface area contributed by atoms with Gasteiger partial charge >= 0.3 is 0 Å². The lowest BCUT2D eigenvalue weighted by Crippen LogP contribution is -2.44. The average Bonchev–Trinajstić information content (AvgIpc) is 2.60. The monoisotopic (exact) mass is 349 g/mol. The molecule has 126 valence electrons. The topological polar surface area (TPSA) is 47.6 Å². The van der Waals surface area contributed by atoms with E-state index >= 15 is 0 Å². The lowest BCUT2D eigenvalue weighted by Gasteiger charge is -2.26. The third-order valence-corrected chi connectivity index (χ3v) is 3.99. The molecule has 0 radical (unpaired) electrons. The number of hydrogen-bond donors (Lipinski definition) is 1. The molecule has 0 spiro atoms. The molecule has 1 N–H and O–H groups in total. The zero-order valence-corrected chi connectivity index (χ0v) is 13.6. The summed E-state index contributed by atoms with van der Waals surface area (Å²) in [5, 5.41) is 3.45. The Balaban J connectivity index is 1.88. The van der Waals surface area contributed by atoms with E-state index < -0.39 is 12.1 Å². The van der Waals surface area contributed by atoms with Crippen LogP contribution >= 0.6 is 11.6 Å². The quantitative estimate of drug-likeness (QED) is 0.922. The van der Waals surface area contributed by atoms with Gasteiger partial charge in [-0.05, 0) is 35.4 Å². The zero-order chi connectivity index (χ0) is 16.9. The molecule has 1 aliphatic rings. The van der Waals surface area contributed by atoms with E-state index in [1.807, 2.05) is 6.07 Å². The molecule has 3 rings (SSSR count). The molecule has 2 atom stereocenters. The van der Waals surface area contributed by atoms with Crippen LogP contribution in [0.15, 0.2) is 48.5 Å². The van der Waals surface area contributed by atoms with Crippen molar-refractivity contribution in [1.82, 2.24) is 5.32 Å². The second-order valence-electron chi connectivity index (χ2n) is 5.49. The van der Waals surface area contributed by atoms with Crippen LogP contribution in [0.5, 0.6) is 0 Å². The second-order valence-corrected chi connectivity index (χ2v) is 5.92. The predicted molar refractivity (Wildman–Crippen MR) is 88.4 cm³/mol. The molecule has 1 saturated heterocycles. The van der Waals surface area contributed by atoms with Gasteiger partial charge in [-0.1, -0.05) is 35.9 Å². The molecule has 0 unspecified atom stereocenters. The SMILES string of the molecule is O=C(N[C@H](c1cccc(F)c1)c1cccc(Cl)c1)[C@@H]1COCCO1. The van der Waals surface area contributed by atoms with Crippen LogP contribution in [0.1, 0.15) is 17.2 Å². The first kappa shape index (κ1) is 16.9. The molecule has 1 fully saturated rings. The van der Waals surface area contributed by atoms with Gasteiger partial charge in [-0.3, -0.25) is 4.79 Å². The molecule has 2 aromatic rings. The predicted octanol–water partition coefficient (Wildman–Crippen LogP) is 3.10. The Bertz CT molecular complexity index is 673. The number of ether oxygens (including phenoxy) is 2. The molecule has 6 heteroatoms. The maximum Gasteiger partial charge on any atom is 0.252 e. The number of amides is 1. The Morgan fingerprint density at radius 3 is 2.58 bits per heavy atom. The first-order valence-corrected chi connectivity index (χ1v) is 8.02. The maximum absolute atomic E-state index is 13.6. The third-order valence-electron chi connectivity index (χ3n) is 3.76. The number of halogens is 2. The number of rotatable bonds is 4. The third kappa shape index (κ3) is 4.12. The van der Waals surface area contributed by atoms with Gasteiger partial charge in [0.05, 0.1) is 25.9 Å². The average molecular weight is 350 g/mol. The smallest absolute Gasteiger partial charge is 0.252 e. The highest BCUT2D eigenvalue weighted by atomic mass is 35.5.